The lowest BCUT2D eigenvalue weighted by Crippen LogP contribution is -2.60. The molecule has 0 amide bonds. The second-order valence-corrected chi connectivity index (χ2v) is 9.28. The van der Waals surface area contributed by atoms with Crippen molar-refractivity contribution in [1.29, 1.82) is 0 Å². The summed E-state index contributed by atoms with van der Waals surface area (Å²) in [6.07, 6.45) is -0.468. The summed E-state index contributed by atoms with van der Waals surface area (Å²) in [6, 6.07) is 25.7. The molecule has 5 nitrogen and oxygen atoms in total. The molecule has 5 atom stereocenters. The highest BCUT2D eigenvalue weighted by molar-refractivity contribution is 5.38. The average molecular weight is 477 g/mol. The maximum atomic E-state index is 12.1. The standard InChI is InChI=1S/C30H36O5/c1-5-26-28(33-19-23-12-8-6-9-13-23)22(3)29(34-20-24-14-10-7-11-15-24)30(31,35-26)25-16-17-27(32-4)21(2)18-25/h6-18,22,26,28-29,31H,5,19-20H2,1-4H3/t22-,26+,28-,29+,30?/m0/s1. The molecule has 1 heterocycles. The van der Waals surface area contributed by atoms with E-state index in [9.17, 15) is 5.11 Å². The number of rotatable bonds is 9. The summed E-state index contributed by atoms with van der Waals surface area (Å²) in [4.78, 5) is 0. The molecular weight excluding hydrogens is 440 g/mol. The zero-order valence-corrected chi connectivity index (χ0v) is 21.0. The fraction of sp³-hybridized carbons (Fsp3) is 0.400. The summed E-state index contributed by atoms with van der Waals surface area (Å²) in [5.41, 5.74) is 3.71. The van der Waals surface area contributed by atoms with E-state index in [4.69, 9.17) is 18.9 Å². The Morgan fingerprint density at radius 1 is 0.886 bits per heavy atom. The van der Waals surface area contributed by atoms with Crippen LogP contribution in [-0.2, 0) is 33.2 Å². The van der Waals surface area contributed by atoms with Crippen molar-refractivity contribution in [3.05, 3.63) is 101 Å². The zero-order valence-electron chi connectivity index (χ0n) is 21.0. The molecule has 1 aliphatic rings. The molecule has 1 N–H and O–H groups in total. The van der Waals surface area contributed by atoms with Crippen LogP contribution in [0.1, 0.15) is 42.5 Å². The van der Waals surface area contributed by atoms with Crippen LogP contribution in [0.2, 0.25) is 0 Å². The van der Waals surface area contributed by atoms with Crippen LogP contribution >= 0.6 is 0 Å². The lowest BCUT2D eigenvalue weighted by Gasteiger charge is -2.50. The number of hydrogen-bond acceptors (Lipinski definition) is 5. The quantitative estimate of drug-likeness (QED) is 0.425. The fourth-order valence-corrected chi connectivity index (χ4v) is 4.93. The molecule has 0 aromatic heterocycles. The molecule has 1 unspecified atom stereocenters. The van der Waals surface area contributed by atoms with E-state index in [2.05, 4.69) is 26.0 Å². The molecule has 3 aromatic rings. The van der Waals surface area contributed by atoms with Crippen LogP contribution in [0, 0.1) is 12.8 Å². The smallest absolute Gasteiger partial charge is 0.220 e. The van der Waals surface area contributed by atoms with Gasteiger partial charge in [0.25, 0.3) is 0 Å². The van der Waals surface area contributed by atoms with E-state index < -0.39 is 11.9 Å². The van der Waals surface area contributed by atoms with Gasteiger partial charge in [0.15, 0.2) is 0 Å². The van der Waals surface area contributed by atoms with Gasteiger partial charge in [-0.15, -0.1) is 0 Å². The van der Waals surface area contributed by atoms with Gasteiger partial charge in [-0.1, -0.05) is 74.5 Å². The van der Waals surface area contributed by atoms with Crippen LogP contribution in [-0.4, -0.2) is 30.5 Å². The molecule has 3 aromatic carbocycles. The van der Waals surface area contributed by atoms with E-state index in [1.165, 1.54) is 0 Å². The van der Waals surface area contributed by atoms with Crippen LogP contribution in [0.5, 0.6) is 5.75 Å². The number of ether oxygens (including phenoxy) is 4. The summed E-state index contributed by atoms with van der Waals surface area (Å²) in [7, 11) is 1.64. The Bertz CT molecular complexity index is 1070. The lowest BCUT2D eigenvalue weighted by molar-refractivity contribution is -0.359. The Hall–Kier alpha value is -2.70. The number of hydrogen-bond donors (Lipinski definition) is 1. The normalized spacial score (nSPS) is 26.4. The Kier molecular flexibility index (Phi) is 8.24. The van der Waals surface area contributed by atoms with Gasteiger partial charge in [-0.2, -0.15) is 0 Å². The first-order valence-corrected chi connectivity index (χ1v) is 12.3. The van der Waals surface area contributed by atoms with E-state index in [-0.39, 0.29) is 18.1 Å². The molecular formula is C30H36O5. The van der Waals surface area contributed by atoms with Gasteiger partial charge in [0.1, 0.15) is 11.9 Å². The number of aliphatic hydroxyl groups is 1. The monoisotopic (exact) mass is 476 g/mol. The molecule has 1 aliphatic heterocycles. The van der Waals surface area contributed by atoms with Gasteiger partial charge in [0, 0.05) is 11.5 Å². The van der Waals surface area contributed by atoms with E-state index in [0.717, 1.165) is 22.4 Å². The summed E-state index contributed by atoms with van der Waals surface area (Å²) >= 11 is 0. The van der Waals surface area contributed by atoms with Crippen LogP contribution in [0.3, 0.4) is 0 Å². The molecule has 0 bridgehead atoms. The molecule has 4 rings (SSSR count). The SMILES string of the molecule is CC[C@H]1OC(O)(c2ccc(OC)c(C)c2)[C@H](OCc2ccccc2)[C@@H](C)[C@@H]1OCc1ccccc1. The minimum absolute atomic E-state index is 0.131. The Balaban J connectivity index is 1.65. The maximum Gasteiger partial charge on any atom is 0.220 e. The molecule has 0 spiro atoms. The van der Waals surface area contributed by atoms with Crippen LogP contribution in [0.15, 0.2) is 78.9 Å². The summed E-state index contributed by atoms with van der Waals surface area (Å²) in [5, 5.41) is 12.1. The summed E-state index contributed by atoms with van der Waals surface area (Å²) in [6.45, 7) is 6.93. The van der Waals surface area contributed by atoms with Crippen LogP contribution in [0.4, 0.5) is 0 Å². The van der Waals surface area contributed by atoms with E-state index in [0.29, 0.717) is 25.2 Å². The van der Waals surface area contributed by atoms with Gasteiger partial charge in [-0.3, -0.25) is 0 Å². The number of benzene rings is 3. The molecule has 5 heteroatoms. The van der Waals surface area contributed by atoms with E-state index in [1.807, 2.05) is 73.7 Å². The topological polar surface area (TPSA) is 57.2 Å². The predicted octanol–water partition coefficient (Wildman–Crippen LogP) is 5.76. The Morgan fingerprint density at radius 2 is 1.49 bits per heavy atom. The third kappa shape index (κ3) is 5.60. The third-order valence-corrected chi connectivity index (χ3v) is 6.85. The summed E-state index contributed by atoms with van der Waals surface area (Å²) < 4.78 is 24.8. The number of aryl methyl sites for hydroxylation is 1. The van der Waals surface area contributed by atoms with Crippen molar-refractivity contribution >= 4 is 0 Å². The predicted molar refractivity (Wildman–Crippen MR) is 136 cm³/mol. The van der Waals surface area contributed by atoms with Crippen molar-refractivity contribution in [3.63, 3.8) is 0 Å². The molecule has 186 valence electrons. The number of methoxy groups -OCH3 is 1. The van der Waals surface area contributed by atoms with Gasteiger partial charge >= 0.3 is 0 Å². The molecule has 0 radical (unpaired) electrons. The van der Waals surface area contributed by atoms with Crippen LogP contribution < -0.4 is 4.74 Å². The first-order valence-electron chi connectivity index (χ1n) is 12.3. The minimum atomic E-state index is -1.63. The molecule has 1 saturated heterocycles. The van der Waals surface area contributed by atoms with Crippen molar-refractivity contribution in [3.8, 4) is 5.75 Å². The lowest BCUT2D eigenvalue weighted by atomic mass is 9.81. The van der Waals surface area contributed by atoms with Gasteiger partial charge < -0.3 is 24.1 Å². The molecule has 1 fully saturated rings. The zero-order chi connectivity index (χ0) is 24.8. The van der Waals surface area contributed by atoms with Crippen molar-refractivity contribution in [2.75, 3.05) is 7.11 Å². The minimum Gasteiger partial charge on any atom is -0.496 e. The van der Waals surface area contributed by atoms with Crippen molar-refractivity contribution in [1.82, 2.24) is 0 Å². The fourth-order valence-electron chi connectivity index (χ4n) is 4.93. The highest BCUT2D eigenvalue weighted by atomic mass is 16.7. The molecule has 0 aliphatic carbocycles. The third-order valence-electron chi connectivity index (χ3n) is 6.85. The first-order chi connectivity index (χ1) is 17.0. The highest BCUT2D eigenvalue weighted by Crippen LogP contribution is 2.44. The first kappa shape index (κ1) is 25.4. The largest absolute Gasteiger partial charge is 0.496 e. The van der Waals surface area contributed by atoms with Gasteiger partial charge in [0.05, 0.1) is 32.5 Å². The average Bonchev–Trinajstić information content (AvgIpc) is 2.89. The van der Waals surface area contributed by atoms with Crippen molar-refractivity contribution < 1.29 is 24.1 Å². The summed E-state index contributed by atoms with van der Waals surface area (Å²) in [5.74, 6) is -0.994. The highest BCUT2D eigenvalue weighted by Gasteiger charge is 2.54. The molecule has 35 heavy (non-hydrogen) atoms. The van der Waals surface area contributed by atoms with Crippen molar-refractivity contribution in [2.45, 2.75) is 64.5 Å². The van der Waals surface area contributed by atoms with Crippen LogP contribution in [0.25, 0.3) is 0 Å². The Morgan fingerprint density at radius 3 is 2.03 bits per heavy atom. The maximum absolute atomic E-state index is 12.1. The Labute approximate surface area is 208 Å². The van der Waals surface area contributed by atoms with Gasteiger partial charge in [-0.25, -0.2) is 0 Å². The van der Waals surface area contributed by atoms with Gasteiger partial charge in [-0.05, 0) is 48.2 Å². The van der Waals surface area contributed by atoms with Gasteiger partial charge in [0.2, 0.25) is 5.79 Å². The van der Waals surface area contributed by atoms with Crippen molar-refractivity contribution in [2.24, 2.45) is 5.92 Å². The van der Waals surface area contributed by atoms with E-state index >= 15 is 0 Å². The van der Waals surface area contributed by atoms with E-state index in [1.54, 1.807) is 7.11 Å². The second kappa shape index (κ2) is 11.4. The molecule has 0 saturated carbocycles. The second-order valence-electron chi connectivity index (χ2n) is 9.28.